The molecule has 0 aliphatic carbocycles. The quantitative estimate of drug-likeness (QED) is 0.657. The topological polar surface area (TPSA) is 54.5 Å². The number of aromatic nitrogens is 1. The van der Waals surface area contributed by atoms with E-state index in [1.54, 1.807) is 22.7 Å². The molecule has 0 atom stereocenters. The molecule has 1 aliphatic heterocycles. The first-order chi connectivity index (χ1) is 13.2. The zero-order valence-corrected chi connectivity index (χ0v) is 17.5. The fourth-order valence-electron chi connectivity index (χ4n) is 2.95. The van der Waals surface area contributed by atoms with Crippen LogP contribution in [0.3, 0.4) is 0 Å². The number of morpholine rings is 1. The Morgan fingerprint density at radius 1 is 1.19 bits per heavy atom. The third kappa shape index (κ3) is 4.47. The van der Waals surface area contributed by atoms with E-state index < -0.39 is 0 Å². The van der Waals surface area contributed by atoms with Gasteiger partial charge < -0.3 is 10.1 Å². The first-order valence-corrected chi connectivity index (χ1v) is 11.4. The third-order valence-corrected chi connectivity index (χ3v) is 7.88. The first kappa shape index (κ1) is 18.8. The Bertz CT molecular complexity index is 895. The summed E-state index contributed by atoms with van der Waals surface area (Å²) in [5, 5.41) is 6.03. The third-order valence-electron chi connectivity index (χ3n) is 4.40. The molecular weight excluding hydrogens is 398 g/mol. The summed E-state index contributed by atoms with van der Waals surface area (Å²) in [6.07, 6.45) is 0. The van der Waals surface area contributed by atoms with E-state index in [4.69, 9.17) is 4.74 Å². The average Bonchev–Trinajstić information content (AvgIpc) is 3.42. The van der Waals surface area contributed by atoms with Crippen molar-refractivity contribution in [3.8, 4) is 19.6 Å². The molecule has 142 valence electrons. The number of rotatable bonds is 6. The number of amides is 1. The molecular formula is C19H21N3O2S3. The van der Waals surface area contributed by atoms with E-state index in [0.29, 0.717) is 11.4 Å². The molecule has 1 saturated heterocycles. The number of hydrogen-bond donors (Lipinski definition) is 1. The van der Waals surface area contributed by atoms with Gasteiger partial charge in [-0.3, -0.25) is 9.69 Å². The van der Waals surface area contributed by atoms with Gasteiger partial charge in [-0.05, 0) is 30.5 Å². The van der Waals surface area contributed by atoms with Crippen LogP contribution in [-0.4, -0.2) is 55.2 Å². The lowest BCUT2D eigenvalue weighted by Crippen LogP contribution is -2.41. The monoisotopic (exact) mass is 419 g/mol. The summed E-state index contributed by atoms with van der Waals surface area (Å²) >= 11 is 4.93. The zero-order valence-electron chi connectivity index (χ0n) is 15.1. The predicted molar refractivity (Wildman–Crippen MR) is 113 cm³/mol. The van der Waals surface area contributed by atoms with Crippen LogP contribution in [0.1, 0.15) is 15.4 Å². The highest BCUT2D eigenvalue weighted by Gasteiger charge is 2.18. The van der Waals surface area contributed by atoms with Gasteiger partial charge in [0, 0.05) is 35.9 Å². The van der Waals surface area contributed by atoms with Crippen molar-refractivity contribution in [2.75, 3.05) is 39.4 Å². The number of nitrogens with zero attached hydrogens (tertiary/aromatic N) is 2. The largest absolute Gasteiger partial charge is 0.379 e. The summed E-state index contributed by atoms with van der Waals surface area (Å²) < 4.78 is 5.35. The van der Waals surface area contributed by atoms with Crippen LogP contribution in [-0.2, 0) is 4.74 Å². The summed E-state index contributed by atoms with van der Waals surface area (Å²) in [4.78, 5) is 23.8. The SMILES string of the molecule is Cc1nc(-c2ccc(-c3cccs3)s2)sc1C(=O)NCCN1CCOCC1. The Morgan fingerprint density at radius 3 is 2.78 bits per heavy atom. The number of aryl methyl sites for hydroxylation is 1. The zero-order chi connectivity index (χ0) is 18.6. The standard InChI is InChI=1S/C19H21N3O2S3/c1-13-17(18(23)20-6-7-22-8-10-24-11-9-22)27-19(21-13)16-5-4-15(26-16)14-3-2-12-25-14/h2-5,12H,6-11H2,1H3,(H,20,23). The Kier molecular flexibility index (Phi) is 5.99. The van der Waals surface area contributed by atoms with E-state index in [1.807, 2.05) is 6.92 Å². The number of thiazole rings is 1. The van der Waals surface area contributed by atoms with E-state index >= 15 is 0 Å². The van der Waals surface area contributed by atoms with E-state index in [0.717, 1.165) is 48.4 Å². The van der Waals surface area contributed by atoms with Crippen LogP contribution in [0.15, 0.2) is 29.6 Å². The molecule has 1 amide bonds. The molecule has 4 heterocycles. The van der Waals surface area contributed by atoms with Gasteiger partial charge in [-0.1, -0.05) is 6.07 Å². The van der Waals surface area contributed by atoms with Crippen molar-refractivity contribution in [3.05, 3.63) is 40.2 Å². The number of ether oxygens (including phenoxy) is 1. The van der Waals surface area contributed by atoms with E-state index in [9.17, 15) is 4.79 Å². The lowest BCUT2D eigenvalue weighted by atomic mass is 10.3. The maximum atomic E-state index is 12.6. The number of carbonyl (C=O) groups is 1. The minimum atomic E-state index is -0.0282. The number of nitrogens with one attached hydrogen (secondary N) is 1. The minimum Gasteiger partial charge on any atom is -0.379 e. The van der Waals surface area contributed by atoms with Crippen LogP contribution in [0.5, 0.6) is 0 Å². The minimum absolute atomic E-state index is 0.0282. The summed E-state index contributed by atoms with van der Waals surface area (Å²) in [5.74, 6) is -0.0282. The van der Waals surface area contributed by atoms with Crippen molar-refractivity contribution in [1.82, 2.24) is 15.2 Å². The fraction of sp³-hybridized carbons (Fsp3) is 0.368. The van der Waals surface area contributed by atoms with Crippen molar-refractivity contribution in [1.29, 1.82) is 0 Å². The second kappa shape index (κ2) is 8.62. The summed E-state index contributed by atoms with van der Waals surface area (Å²) in [6, 6.07) is 8.41. The van der Waals surface area contributed by atoms with Gasteiger partial charge >= 0.3 is 0 Å². The van der Waals surface area contributed by atoms with Crippen molar-refractivity contribution in [3.63, 3.8) is 0 Å². The number of carbonyl (C=O) groups excluding carboxylic acids is 1. The molecule has 3 aromatic rings. The maximum absolute atomic E-state index is 12.6. The fourth-order valence-corrected chi connectivity index (χ4v) is 5.83. The van der Waals surface area contributed by atoms with Gasteiger partial charge in [-0.15, -0.1) is 34.0 Å². The summed E-state index contributed by atoms with van der Waals surface area (Å²) in [7, 11) is 0. The smallest absolute Gasteiger partial charge is 0.263 e. The van der Waals surface area contributed by atoms with E-state index in [1.165, 1.54) is 21.1 Å². The molecule has 0 spiro atoms. The highest BCUT2D eigenvalue weighted by Crippen LogP contribution is 2.38. The maximum Gasteiger partial charge on any atom is 0.263 e. The Morgan fingerprint density at radius 2 is 2.00 bits per heavy atom. The molecule has 1 aliphatic rings. The highest BCUT2D eigenvalue weighted by molar-refractivity contribution is 7.26. The number of hydrogen-bond acceptors (Lipinski definition) is 7. The predicted octanol–water partition coefficient (Wildman–Crippen LogP) is 3.97. The molecule has 5 nitrogen and oxygen atoms in total. The highest BCUT2D eigenvalue weighted by atomic mass is 32.1. The molecule has 1 N–H and O–H groups in total. The summed E-state index contributed by atoms with van der Waals surface area (Å²) in [5.41, 5.74) is 0.796. The Labute approximate surface area is 170 Å². The van der Waals surface area contributed by atoms with Crippen LogP contribution in [0.4, 0.5) is 0 Å². The molecule has 0 unspecified atom stereocenters. The van der Waals surface area contributed by atoms with E-state index in [2.05, 4.69) is 44.8 Å². The van der Waals surface area contributed by atoms with Gasteiger partial charge in [0.2, 0.25) is 0 Å². The number of thiophene rings is 2. The normalized spacial score (nSPS) is 15.1. The van der Waals surface area contributed by atoms with Crippen molar-refractivity contribution in [2.45, 2.75) is 6.92 Å². The molecule has 0 saturated carbocycles. The van der Waals surface area contributed by atoms with Crippen LogP contribution < -0.4 is 5.32 Å². The molecule has 3 aromatic heterocycles. The van der Waals surface area contributed by atoms with Gasteiger partial charge in [-0.2, -0.15) is 0 Å². The van der Waals surface area contributed by atoms with Crippen molar-refractivity contribution in [2.24, 2.45) is 0 Å². The second-order valence-electron chi connectivity index (χ2n) is 6.28. The van der Waals surface area contributed by atoms with Crippen LogP contribution in [0.25, 0.3) is 19.6 Å². The van der Waals surface area contributed by atoms with Crippen LogP contribution in [0, 0.1) is 6.92 Å². The molecule has 0 bridgehead atoms. The van der Waals surface area contributed by atoms with Gasteiger partial charge in [-0.25, -0.2) is 4.98 Å². The molecule has 4 rings (SSSR count). The molecule has 0 radical (unpaired) electrons. The molecule has 27 heavy (non-hydrogen) atoms. The lowest BCUT2D eigenvalue weighted by Gasteiger charge is -2.26. The second-order valence-corrected chi connectivity index (χ2v) is 9.32. The Balaban J connectivity index is 1.39. The lowest BCUT2D eigenvalue weighted by molar-refractivity contribution is 0.0383. The van der Waals surface area contributed by atoms with Gasteiger partial charge in [0.25, 0.3) is 5.91 Å². The van der Waals surface area contributed by atoms with Crippen LogP contribution >= 0.6 is 34.0 Å². The Hall–Kier alpha value is -1.58. The van der Waals surface area contributed by atoms with Crippen LogP contribution in [0.2, 0.25) is 0 Å². The van der Waals surface area contributed by atoms with Gasteiger partial charge in [0.05, 0.1) is 23.8 Å². The summed E-state index contributed by atoms with van der Waals surface area (Å²) in [6.45, 7) is 6.83. The molecule has 0 aromatic carbocycles. The van der Waals surface area contributed by atoms with Gasteiger partial charge in [0.1, 0.15) is 9.88 Å². The average molecular weight is 420 g/mol. The van der Waals surface area contributed by atoms with Gasteiger partial charge in [0.15, 0.2) is 0 Å². The molecule has 8 heteroatoms. The van der Waals surface area contributed by atoms with E-state index in [-0.39, 0.29) is 5.91 Å². The first-order valence-electron chi connectivity index (χ1n) is 8.90. The van der Waals surface area contributed by atoms with Crippen molar-refractivity contribution >= 4 is 39.9 Å². The van der Waals surface area contributed by atoms with Crippen molar-refractivity contribution < 1.29 is 9.53 Å². The molecule has 1 fully saturated rings.